The monoisotopic (exact) mass is 452 g/mol. The van der Waals surface area contributed by atoms with Crippen LogP contribution in [0.5, 0.6) is 0 Å². The molecule has 6 atom stereocenters. The van der Waals surface area contributed by atoms with Gasteiger partial charge in [-0.25, -0.2) is 0 Å². The molecule has 0 saturated heterocycles. The van der Waals surface area contributed by atoms with Gasteiger partial charge in [-0.1, -0.05) is 65.0 Å². The quantitative estimate of drug-likeness (QED) is 0.126. The van der Waals surface area contributed by atoms with Crippen molar-refractivity contribution in [1.29, 1.82) is 0 Å². The van der Waals surface area contributed by atoms with E-state index in [0.717, 1.165) is 49.0 Å². The van der Waals surface area contributed by atoms with Crippen molar-refractivity contribution in [1.82, 2.24) is 0 Å². The van der Waals surface area contributed by atoms with Crippen LogP contribution in [-0.4, -0.2) is 18.8 Å². The Hall–Kier alpha value is -0.570. The molecule has 0 amide bonds. The molecular formula is C28H49ClO2. The minimum atomic E-state index is 0.299. The first-order valence-corrected chi connectivity index (χ1v) is 13.0. The Labute approximate surface area is 198 Å². The first kappa shape index (κ1) is 28.5. The predicted molar refractivity (Wildman–Crippen MR) is 136 cm³/mol. The third-order valence-corrected chi connectivity index (χ3v) is 6.39. The fraction of sp³-hybridized carbons (Fsp3) is 0.786. The maximum absolute atomic E-state index is 6.16. The molecule has 2 nitrogen and oxygen atoms in total. The Morgan fingerprint density at radius 3 is 1.74 bits per heavy atom. The van der Waals surface area contributed by atoms with Gasteiger partial charge in [-0.15, -0.1) is 11.6 Å². The van der Waals surface area contributed by atoms with Crippen molar-refractivity contribution < 1.29 is 9.47 Å². The van der Waals surface area contributed by atoms with Crippen LogP contribution >= 0.6 is 11.6 Å². The lowest BCUT2D eigenvalue weighted by atomic mass is 9.82. The van der Waals surface area contributed by atoms with Crippen LogP contribution in [0.25, 0.3) is 0 Å². The number of ether oxygens (including phenoxy) is 2. The number of alkyl halides is 1. The molecule has 0 aliphatic carbocycles. The highest BCUT2D eigenvalue weighted by atomic mass is 35.5. The molecule has 0 heterocycles. The topological polar surface area (TPSA) is 18.5 Å². The molecule has 0 N–H and O–H groups in total. The van der Waals surface area contributed by atoms with E-state index in [1.54, 1.807) is 0 Å². The van der Waals surface area contributed by atoms with E-state index in [-0.39, 0.29) is 0 Å². The van der Waals surface area contributed by atoms with Crippen LogP contribution in [0.3, 0.4) is 0 Å². The highest BCUT2D eigenvalue weighted by molar-refractivity contribution is 6.20. The van der Waals surface area contributed by atoms with Crippen molar-refractivity contribution in [2.24, 2.45) is 29.6 Å². The fourth-order valence-electron chi connectivity index (χ4n) is 5.19. The molecule has 0 aliphatic rings. The molecule has 31 heavy (non-hydrogen) atoms. The summed E-state index contributed by atoms with van der Waals surface area (Å²) in [5.41, 5.74) is 1.19. The maximum Gasteiger partial charge on any atom is 0.147 e. The van der Waals surface area contributed by atoms with Gasteiger partial charge in [0.15, 0.2) is 0 Å². The van der Waals surface area contributed by atoms with E-state index >= 15 is 0 Å². The molecule has 0 bridgehead atoms. The molecule has 0 aliphatic heterocycles. The van der Waals surface area contributed by atoms with Crippen molar-refractivity contribution in [2.45, 2.75) is 98.5 Å². The van der Waals surface area contributed by atoms with Crippen LogP contribution in [-0.2, 0) is 16.1 Å². The third kappa shape index (κ3) is 15.8. The summed E-state index contributed by atoms with van der Waals surface area (Å²) >= 11 is 6.16. The van der Waals surface area contributed by atoms with Gasteiger partial charge in [0.25, 0.3) is 0 Å². The zero-order chi connectivity index (χ0) is 23.1. The zero-order valence-electron chi connectivity index (χ0n) is 21.1. The van der Waals surface area contributed by atoms with Crippen molar-refractivity contribution in [2.75, 3.05) is 13.4 Å². The van der Waals surface area contributed by atoms with Gasteiger partial charge >= 0.3 is 0 Å². The molecule has 3 heteroatoms. The fourth-order valence-corrected chi connectivity index (χ4v) is 5.49. The van der Waals surface area contributed by atoms with Crippen molar-refractivity contribution in [3.8, 4) is 0 Å². The van der Waals surface area contributed by atoms with E-state index in [4.69, 9.17) is 21.1 Å². The second kappa shape index (κ2) is 17.0. The molecular weight excluding hydrogens is 404 g/mol. The van der Waals surface area contributed by atoms with Gasteiger partial charge in [-0.2, -0.15) is 0 Å². The Kier molecular flexibility index (Phi) is 15.6. The van der Waals surface area contributed by atoms with E-state index in [0.29, 0.717) is 18.8 Å². The second-order valence-corrected chi connectivity index (χ2v) is 11.2. The SMILES string of the molecule is CC(Cl)CC(C)CC(C)CC(C)CC(C)CC(C)CCCOCOCc1ccccc1. The highest BCUT2D eigenvalue weighted by Crippen LogP contribution is 2.29. The molecule has 1 rings (SSSR count). The van der Waals surface area contributed by atoms with E-state index in [1.807, 2.05) is 18.2 Å². The number of hydrogen-bond acceptors (Lipinski definition) is 2. The Morgan fingerprint density at radius 2 is 1.19 bits per heavy atom. The molecule has 6 unspecified atom stereocenters. The van der Waals surface area contributed by atoms with Gasteiger partial charge < -0.3 is 9.47 Å². The lowest BCUT2D eigenvalue weighted by Gasteiger charge is -2.24. The summed E-state index contributed by atoms with van der Waals surface area (Å²) in [7, 11) is 0. The highest BCUT2D eigenvalue weighted by Gasteiger charge is 2.17. The summed E-state index contributed by atoms with van der Waals surface area (Å²) in [4.78, 5) is 0. The molecule has 0 saturated carbocycles. The standard InChI is InChI=1S/C28H49ClO2/c1-22(11-10-14-30-21-31-20-28-12-8-7-9-13-28)15-23(2)16-24(3)17-25(4)18-26(5)19-27(6)29/h7-9,12-13,22-27H,10-11,14-21H2,1-6H3. The number of hydrogen-bond donors (Lipinski definition) is 0. The van der Waals surface area contributed by atoms with E-state index in [1.165, 1.54) is 37.7 Å². The lowest BCUT2D eigenvalue weighted by molar-refractivity contribution is -0.0628. The molecule has 180 valence electrons. The molecule has 1 aromatic carbocycles. The van der Waals surface area contributed by atoms with Gasteiger partial charge in [0.2, 0.25) is 0 Å². The van der Waals surface area contributed by atoms with Gasteiger partial charge in [-0.05, 0) is 87.0 Å². The summed E-state index contributed by atoms with van der Waals surface area (Å²) in [5.74, 6) is 3.90. The molecule has 1 aromatic rings. The van der Waals surface area contributed by atoms with E-state index < -0.39 is 0 Å². The summed E-state index contributed by atoms with van der Waals surface area (Å²) in [6.07, 6.45) is 8.81. The minimum absolute atomic E-state index is 0.299. The number of benzene rings is 1. The molecule has 0 aromatic heterocycles. The van der Waals surface area contributed by atoms with Crippen LogP contribution in [0.15, 0.2) is 30.3 Å². The molecule has 0 radical (unpaired) electrons. The summed E-state index contributed by atoms with van der Waals surface area (Å²) in [6.45, 7) is 15.9. The number of halogens is 1. The largest absolute Gasteiger partial charge is 0.355 e. The second-order valence-electron chi connectivity index (χ2n) is 10.5. The zero-order valence-corrected chi connectivity index (χ0v) is 21.9. The van der Waals surface area contributed by atoms with Crippen LogP contribution in [0.4, 0.5) is 0 Å². The average Bonchev–Trinajstić information content (AvgIpc) is 2.66. The van der Waals surface area contributed by atoms with E-state index in [9.17, 15) is 0 Å². The minimum Gasteiger partial charge on any atom is -0.355 e. The van der Waals surface area contributed by atoms with Crippen LogP contribution in [0.1, 0.15) is 92.1 Å². The Bertz CT molecular complexity index is 533. The smallest absolute Gasteiger partial charge is 0.147 e. The first-order chi connectivity index (χ1) is 14.8. The van der Waals surface area contributed by atoms with E-state index in [2.05, 4.69) is 53.7 Å². The Balaban J connectivity index is 2.05. The van der Waals surface area contributed by atoms with Crippen LogP contribution in [0.2, 0.25) is 0 Å². The normalized spacial score (nSPS) is 17.6. The summed E-state index contributed by atoms with van der Waals surface area (Å²) in [5, 5.41) is 0.299. The van der Waals surface area contributed by atoms with Crippen LogP contribution in [0, 0.1) is 29.6 Å². The summed E-state index contributed by atoms with van der Waals surface area (Å²) < 4.78 is 11.2. The number of rotatable bonds is 18. The lowest BCUT2D eigenvalue weighted by Crippen LogP contribution is -2.13. The van der Waals surface area contributed by atoms with Crippen molar-refractivity contribution >= 4 is 11.6 Å². The van der Waals surface area contributed by atoms with Crippen molar-refractivity contribution in [3.63, 3.8) is 0 Å². The Morgan fingerprint density at radius 1 is 0.677 bits per heavy atom. The molecule has 0 fully saturated rings. The van der Waals surface area contributed by atoms with Gasteiger partial charge in [0.05, 0.1) is 6.61 Å². The average molecular weight is 453 g/mol. The first-order valence-electron chi connectivity index (χ1n) is 12.6. The predicted octanol–water partition coefficient (Wildman–Crippen LogP) is 8.72. The maximum atomic E-state index is 6.16. The summed E-state index contributed by atoms with van der Waals surface area (Å²) in [6, 6.07) is 10.2. The molecule has 0 spiro atoms. The van der Waals surface area contributed by atoms with Gasteiger partial charge in [-0.3, -0.25) is 0 Å². The van der Waals surface area contributed by atoms with Crippen molar-refractivity contribution in [3.05, 3.63) is 35.9 Å². The third-order valence-electron chi connectivity index (χ3n) is 6.21. The van der Waals surface area contributed by atoms with Gasteiger partial charge in [0, 0.05) is 12.0 Å². The van der Waals surface area contributed by atoms with Gasteiger partial charge in [0.1, 0.15) is 6.79 Å². The van der Waals surface area contributed by atoms with Crippen LogP contribution < -0.4 is 0 Å².